The van der Waals surface area contributed by atoms with Crippen LogP contribution in [0.2, 0.25) is 0 Å². The van der Waals surface area contributed by atoms with Crippen molar-refractivity contribution >= 4 is 18.5 Å². The number of nitrogens with one attached hydrogen (secondary N) is 1. The lowest BCUT2D eigenvalue weighted by Gasteiger charge is -2.21. The molecular formula is C14H22N2O5. The standard InChI is InChI=1S/C14H22N2O5/c1-12(6-5-11-18)20-15-21-14(19)13-7-4-9-16(13)8-2-3-10-17/h2,8,10-13,15H,3-7,9H2,1H3. The van der Waals surface area contributed by atoms with Gasteiger partial charge in [0, 0.05) is 19.4 Å². The second-order valence-corrected chi connectivity index (χ2v) is 4.86. The lowest BCUT2D eigenvalue weighted by atomic mass is 10.2. The smallest absolute Gasteiger partial charge is 0.349 e. The van der Waals surface area contributed by atoms with Crippen molar-refractivity contribution in [1.82, 2.24) is 10.5 Å². The van der Waals surface area contributed by atoms with E-state index in [0.29, 0.717) is 25.7 Å². The number of hydrogen-bond acceptors (Lipinski definition) is 7. The van der Waals surface area contributed by atoms with E-state index in [0.717, 1.165) is 25.5 Å². The molecule has 7 heteroatoms. The van der Waals surface area contributed by atoms with Crippen molar-refractivity contribution in [3.63, 3.8) is 0 Å². The summed E-state index contributed by atoms with van der Waals surface area (Å²) < 4.78 is 0. The topological polar surface area (TPSA) is 84.9 Å². The molecule has 0 aromatic carbocycles. The van der Waals surface area contributed by atoms with E-state index in [-0.39, 0.29) is 12.1 Å². The molecule has 2 atom stereocenters. The molecule has 0 aliphatic carbocycles. The number of carbonyl (C=O) groups excluding carboxylic acids is 3. The second kappa shape index (κ2) is 10.1. The van der Waals surface area contributed by atoms with Crippen molar-refractivity contribution in [2.75, 3.05) is 6.54 Å². The van der Waals surface area contributed by atoms with Crippen LogP contribution in [0, 0.1) is 0 Å². The van der Waals surface area contributed by atoms with Crippen LogP contribution >= 0.6 is 0 Å². The van der Waals surface area contributed by atoms with Gasteiger partial charge in [0.2, 0.25) is 0 Å². The zero-order valence-corrected chi connectivity index (χ0v) is 12.2. The van der Waals surface area contributed by atoms with E-state index < -0.39 is 5.97 Å². The molecule has 1 aliphatic rings. The molecule has 0 amide bonds. The van der Waals surface area contributed by atoms with Crippen LogP contribution in [0.15, 0.2) is 12.3 Å². The van der Waals surface area contributed by atoms with Crippen molar-refractivity contribution in [3.8, 4) is 0 Å². The zero-order chi connectivity index (χ0) is 15.5. The summed E-state index contributed by atoms with van der Waals surface area (Å²) in [4.78, 5) is 44.2. The molecule has 1 fully saturated rings. The lowest BCUT2D eigenvalue weighted by molar-refractivity contribution is -0.208. The van der Waals surface area contributed by atoms with Crippen molar-refractivity contribution in [3.05, 3.63) is 12.3 Å². The molecule has 1 rings (SSSR count). The molecule has 0 bridgehead atoms. The van der Waals surface area contributed by atoms with Gasteiger partial charge in [-0.05, 0) is 38.0 Å². The molecule has 1 N–H and O–H groups in total. The van der Waals surface area contributed by atoms with Gasteiger partial charge in [-0.25, -0.2) is 4.79 Å². The molecule has 118 valence electrons. The fourth-order valence-electron chi connectivity index (χ4n) is 2.05. The molecule has 0 saturated carbocycles. The van der Waals surface area contributed by atoms with E-state index in [2.05, 4.69) is 5.64 Å². The zero-order valence-electron chi connectivity index (χ0n) is 12.2. The maximum absolute atomic E-state index is 11.9. The van der Waals surface area contributed by atoms with Crippen LogP contribution in [-0.4, -0.2) is 42.1 Å². The van der Waals surface area contributed by atoms with Gasteiger partial charge in [-0.1, -0.05) is 6.08 Å². The number of likely N-dealkylation sites (tertiary alicyclic amines) is 1. The summed E-state index contributed by atoms with van der Waals surface area (Å²) >= 11 is 0. The summed E-state index contributed by atoms with van der Waals surface area (Å²) in [6.45, 7) is 2.53. The Balaban J connectivity index is 2.30. The summed E-state index contributed by atoms with van der Waals surface area (Å²) in [7, 11) is 0. The summed E-state index contributed by atoms with van der Waals surface area (Å²) in [5, 5.41) is 0. The average molecular weight is 298 g/mol. The Bertz CT molecular complexity index is 372. The molecule has 1 heterocycles. The third-order valence-electron chi connectivity index (χ3n) is 3.18. The molecule has 21 heavy (non-hydrogen) atoms. The van der Waals surface area contributed by atoms with Crippen molar-refractivity contribution in [1.29, 1.82) is 0 Å². The first kappa shape index (κ1) is 17.3. The van der Waals surface area contributed by atoms with Gasteiger partial charge in [0.1, 0.15) is 18.6 Å². The normalized spacial score (nSPS) is 19.7. The van der Waals surface area contributed by atoms with E-state index in [1.165, 1.54) is 0 Å². The maximum Gasteiger partial charge on any atom is 0.349 e. The van der Waals surface area contributed by atoms with E-state index >= 15 is 0 Å². The molecule has 1 aliphatic heterocycles. The predicted molar refractivity (Wildman–Crippen MR) is 74.6 cm³/mol. The number of allylic oxidation sites excluding steroid dienone is 1. The first-order valence-corrected chi connectivity index (χ1v) is 7.10. The molecular weight excluding hydrogens is 276 g/mol. The fourth-order valence-corrected chi connectivity index (χ4v) is 2.05. The van der Waals surface area contributed by atoms with Crippen LogP contribution in [0.3, 0.4) is 0 Å². The van der Waals surface area contributed by atoms with Gasteiger partial charge in [0.05, 0.1) is 6.10 Å². The average Bonchev–Trinajstić information content (AvgIpc) is 2.94. The number of aldehydes is 2. The van der Waals surface area contributed by atoms with Crippen molar-refractivity contribution < 1.29 is 24.1 Å². The molecule has 7 nitrogen and oxygen atoms in total. The quantitative estimate of drug-likeness (QED) is 0.474. The fraction of sp³-hybridized carbons (Fsp3) is 0.643. The molecule has 0 aromatic rings. The van der Waals surface area contributed by atoms with Crippen LogP contribution in [-0.2, 0) is 24.1 Å². The minimum atomic E-state index is -0.425. The largest absolute Gasteiger partial charge is 0.364 e. The Morgan fingerprint density at radius 2 is 2.24 bits per heavy atom. The summed E-state index contributed by atoms with van der Waals surface area (Å²) in [6, 6.07) is -0.366. The third-order valence-corrected chi connectivity index (χ3v) is 3.18. The summed E-state index contributed by atoms with van der Waals surface area (Å²) in [5.41, 5.74) is 2.19. The number of nitrogens with zero attached hydrogens (tertiary/aromatic N) is 1. The van der Waals surface area contributed by atoms with Crippen LogP contribution in [0.4, 0.5) is 0 Å². The number of carbonyl (C=O) groups is 3. The second-order valence-electron chi connectivity index (χ2n) is 4.86. The van der Waals surface area contributed by atoms with Crippen LogP contribution < -0.4 is 5.64 Å². The van der Waals surface area contributed by atoms with E-state index in [1.54, 1.807) is 19.2 Å². The highest BCUT2D eigenvalue weighted by molar-refractivity contribution is 5.76. The molecule has 1 saturated heterocycles. The SMILES string of the molecule is CC(CCC=O)ONOC(=O)C1CCCN1C=CCC=O. The van der Waals surface area contributed by atoms with Crippen molar-refractivity contribution in [2.24, 2.45) is 0 Å². The monoisotopic (exact) mass is 298 g/mol. The Morgan fingerprint density at radius 3 is 2.95 bits per heavy atom. The Morgan fingerprint density at radius 1 is 1.43 bits per heavy atom. The highest BCUT2D eigenvalue weighted by atomic mass is 16.9. The molecule has 0 aromatic heterocycles. The van der Waals surface area contributed by atoms with Gasteiger partial charge in [-0.15, -0.1) is 0 Å². The third kappa shape index (κ3) is 6.50. The van der Waals surface area contributed by atoms with Gasteiger partial charge in [-0.3, -0.25) is 4.84 Å². The van der Waals surface area contributed by atoms with E-state index in [1.807, 2.05) is 4.90 Å². The Labute approximate surface area is 124 Å². The first-order chi connectivity index (χ1) is 10.2. The van der Waals surface area contributed by atoms with E-state index in [9.17, 15) is 14.4 Å². The molecule has 0 radical (unpaired) electrons. The minimum absolute atomic E-state index is 0.227. The minimum Gasteiger partial charge on any atom is -0.364 e. The molecule has 0 spiro atoms. The predicted octanol–water partition coefficient (Wildman–Crippen LogP) is 0.900. The van der Waals surface area contributed by atoms with Crippen molar-refractivity contribution in [2.45, 2.75) is 51.2 Å². The van der Waals surface area contributed by atoms with Gasteiger partial charge in [-0.2, -0.15) is 0 Å². The van der Waals surface area contributed by atoms with Crippen LogP contribution in [0.5, 0.6) is 0 Å². The first-order valence-electron chi connectivity index (χ1n) is 7.10. The lowest BCUT2D eigenvalue weighted by Crippen LogP contribution is -2.37. The van der Waals surface area contributed by atoms with Crippen LogP contribution in [0.1, 0.15) is 39.0 Å². The number of hydrogen-bond donors (Lipinski definition) is 1. The summed E-state index contributed by atoms with van der Waals surface area (Å²) in [5.74, 6) is -0.425. The summed E-state index contributed by atoms with van der Waals surface area (Å²) in [6.07, 6.45) is 7.72. The van der Waals surface area contributed by atoms with Gasteiger partial charge in [0.15, 0.2) is 0 Å². The van der Waals surface area contributed by atoms with Gasteiger partial charge < -0.3 is 19.3 Å². The van der Waals surface area contributed by atoms with Crippen LogP contribution in [0.25, 0.3) is 0 Å². The highest BCUT2D eigenvalue weighted by Crippen LogP contribution is 2.18. The number of rotatable bonds is 10. The van der Waals surface area contributed by atoms with E-state index in [4.69, 9.17) is 9.68 Å². The Kier molecular flexibility index (Phi) is 8.30. The maximum atomic E-state index is 11.9. The Hall–Kier alpha value is -1.73. The van der Waals surface area contributed by atoms with Gasteiger partial charge in [0.25, 0.3) is 0 Å². The highest BCUT2D eigenvalue weighted by Gasteiger charge is 2.30. The molecule has 2 unspecified atom stereocenters. The van der Waals surface area contributed by atoms with Gasteiger partial charge >= 0.3 is 5.97 Å².